The van der Waals surface area contributed by atoms with Crippen LogP contribution in [0, 0.1) is 0 Å². The third-order valence-electron chi connectivity index (χ3n) is 2.30. The third-order valence-corrected chi connectivity index (χ3v) is 3.44. The van der Waals surface area contributed by atoms with E-state index >= 15 is 0 Å². The smallest absolute Gasteiger partial charge is 0.343 e. The van der Waals surface area contributed by atoms with Crippen LogP contribution in [-0.2, 0) is 9.53 Å². The van der Waals surface area contributed by atoms with E-state index in [2.05, 4.69) is 4.74 Å². The molecule has 3 nitrogen and oxygen atoms in total. The number of esters is 1. The van der Waals surface area contributed by atoms with Crippen LogP contribution in [0.1, 0.15) is 0 Å². The summed E-state index contributed by atoms with van der Waals surface area (Å²) in [5.41, 5.74) is 0.915. The fourth-order valence-corrected chi connectivity index (χ4v) is 2.37. The zero-order chi connectivity index (χ0) is 13.0. The number of carbonyl (C=O) groups excluding carboxylic acids is 1. The van der Waals surface area contributed by atoms with Crippen molar-refractivity contribution < 1.29 is 14.3 Å². The molecule has 0 spiro atoms. The van der Waals surface area contributed by atoms with E-state index in [0.29, 0.717) is 10.8 Å². The maximum Gasteiger partial charge on any atom is 0.343 e. The lowest BCUT2D eigenvalue weighted by atomic mass is 10.1. The van der Waals surface area contributed by atoms with Gasteiger partial charge >= 0.3 is 5.97 Å². The number of thiophene rings is 1. The minimum absolute atomic E-state index is 0.130. The van der Waals surface area contributed by atoms with Crippen LogP contribution in [0.25, 0.3) is 10.4 Å². The first-order chi connectivity index (χ1) is 8.70. The first-order valence-corrected chi connectivity index (χ1v) is 6.49. The SMILES string of the molecule is COC(=O)COc1cc(Cl)ccc1-c1cccs1. The Bertz CT molecular complexity index is 537. The molecule has 0 radical (unpaired) electrons. The van der Waals surface area contributed by atoms with Crippen molar-refractivity contribution in [3.05, 3.63) is 40.7 Å². The molecule has 94 valence electrons. The average Bonchev–Trinajstić information content (AvgIpc) is 2.89. The topological polar surface area (TPSA) is 35.5 Å². The maximum absolute atomic E-state index is 11.1. The van der Waals surface area contributed by atoms with E-state index in [-0.39, 0.29) is 6.61 Å². The highest BCUT2D eigenvalue weighted by Gasteiger charge is 2.10. The number of rotatable bonds is 4. The minimum Gasteiger partial charge on any atom is -0.481 e. The molecule has 2 rings (SSSR count). The molecule has 0 bridgehead atoms. The highest BCUT2D eigenvalue weighted by Crippen LogP contribution is 2.35. The number of carbonyl (C=O) groups is 1. The van der Waals surface area contributed by atoms with Crippen LogP contribution in [0.2, 0.25) is 5.02 Å². The molecule has 0 aliphatic heterocycles. The van der Waals surface area contributed by atoms with Crippen molar-refractivity contribution in [2.24, 2.45) is 0 Å². The van der Waals surface area contributed by atoms with E-state index in [1.54, 1.807) is 23.5 Å². The summed E-state index contributed by atoms with van der Waals surface area (Å²) in [6, 6.07) is 9.31. The van der Waals surface area contributed by atoms with Crippen LogP contribution < -0.4 is 4.74 Å². The van der Waals surface area contributed by atoms with Crippen molar-refractivity contribution in [1.29, 1.82) is 0 Å². The molecular formula is C13H11ClO3S. The van der Waals surface area contributed by atoms with E-state index < -0.39 is 5.97 Å². The van der Waals surface area contributed by atoms with E-state index in [0.717, 1.165) is 10.4 Å². The van der Waals surface area contributed by atoms with Gasteiger partial charge in [-0.25, -0.2) is 4.79 Å². The predicted octanol–water partition coefficient (Wildman–Crippen LogP) is 3.62. The molecule has 0 N–H and O–H groups in total. The van der Waals surface area contributed by atoms with Crippen LogP contribution in [0.15, 0.2) is 35.7 Å². The molecule has 0 atom stereocenters. The zero-order valence-electron chi connectivity index (χ0n) is 9.68. The van der Waals surface area contributed by atoms with E-state index in [1.165, 1.54) is 7.11 Å². The quantitative estimate of drug-likeness (QED) is 0.804. The van der Waals surface area contributed by atoms with Crippen molar-refractivity contribution in [2.75, 3.05) is 13.7 Å². The molecule has 0 aliphatic carbocycles. The Morgan fingerprint density at radius 3 is 2.89 bits per heavy atom. The molecule has 0 amide bonds. The Hall–Kier alpha value is -1.52. The first kappa shape index (κ1) is 12.9. The molecule has 1 heterocycles. The van der Waals surface area contributed by atoms with Crippen molar-refractivity contribution in [2.45, 2.75) is 0 Å². The number of methoxy groups -OCH3 is 1. The van der Waals surface area contributed by atoms with Crippen molar-refractivity contribution in [3.63, 3.8) is 0 Å². The van der Waals surface area contributed by atoms with Crippen LogP contribution >= 0.6 is 22.9 Å². The zero-order valence-corrected chi connectivity index (χ0v) is 11.3. The number of ether oxygens (including phenoxy) is 2. The molecule has 0 saturated carbocycles. The molecule has 5 heteroatoms. The van der Waals surface area contributed by atoms with Gasteiger partial charge in [0.2, 0.25) is 0 Å². The predicted molar refractivity (Wildman–Crippen MR) is 72.3 cm³/mol. The second-order valence-electron chi connectivity index (χ2n) is 3.48. The Labute approximate surface area is 114 Å². The van der Waals surface area contributed by atoms with Crippen molar-refractivity contribution >= 4 is 28.9 Å². The lowest BCUT2D eigenvalue weighted by Gasteiger charge is -2.10. The monoisotopic (exact) mass is 282 g/mol. The third kappa shape index (κ3) is 3.03. The van der Waals surface area contributed by atoms with Crippen molar-refractivity contribution in [1.82, 2.24) is 0 Å². The lowest BCUT2D eigenvalue weighted by molar-refractivity contribution is -0.142. The van der Waals surface area contributed by atoms with Gasteiger partial charge in [0.05, 0.1) is 7.11 Å². The molecule has 1 aromatic carbocycles. The Balaban J connectivity index is 2.27. The second kappa shape index (κ2) is 5.89. The van der Waals surface area contributed by atoms with Gasteiger partial charge in [0.25, 0.3) is 0 Å². The standard InChI is InChI=1S/C13H11ClO3S/c1-16-13(15)8-17-11-7-9(14)4-5-10(11)12-3-2-6-18-12/h2-7H,8H2,1H3. The summed E-state index contributed by atoms with van der Waals surface area (Å²) >= 11 is 7.53. The number of halogens is 1. The first-order valence-electron chi connectivity index (χ1n) is 5.24. The Kier molecular flexibility index (Phi) is 4.23. The highest BCUT2D eigenvalue weighted by molar-refractivity contribution is 7.13. The van der Waals surface area contributed by atoms with Crippen LogP contribution in [-0.4, -0.2) is 19.7 Å². The molecular weight excluding hydrogens is 272 g/mol. The van der Waals surface area contributed by atoms with Crippen LogP contribution in [0.5, 0.6) is 5.75 Å². The number of hydrogen-bond donors (Lipinski definition) is 0. The van der Waals surface area contributed by atoms with Gasteiger partial charge < -0.3 is 9.47 Å². The van der Waals surface area contributed by atoms with Gasteiger partial charge in [-0.15, -0.1) is 11.3 Å². The summed E-state index contributed by atoms with van der Waals surface area (Å²) in [4.78, 5) is 12.2. The summed E-state index contributed by atoms with van der Waals surface area (Å²) in [6.45, 7) is -0.130. The van der Waals surface area contributed by atoms with Gasteiger partial charge in [0.15, 0.2) is 6.61 Å². The van der Waals surface area contributed by atoms with E-state index in [1.807, 2.05) is 23.6 Å². The molecule has 18 heavy (non-hydrogen) atoms. The van der Waals surface area contributed by atoms with Gasteiger partial charge in [-0.2, -0.15) is 0 Å². The van der Waals surface area contributed by atoms with E-state index in [4.69, 9.17) is 16.3 Å². The van der Waals surface area contributed by atoms with E-state index in [9.17, 15) is 4.79 Å². The van der Waals surface area contributed by atoms with Crippen molar-refractivity contribution in [3.8, 4) is 16.2 Å². The minimum atomic E-state index is -0.424. The fourth-order valence-electron chi connectivity index (χ4n) is 1.45. The van der Waals surface area contributed by atoms with Gasteiger partial charge in [-0.05, 0) is 29.6 Å². The Morgan fingerprint density at radius 1 is 1.39 bits per heavy atom. The Morgan fingerprint density at radius 2 is 2.22 bits per heavy atom. The normalized spacial score (nSPS) is 10.1. The lowest BCUT2D eigenvalue weighted by Crippen LogP contribution is -2.12. The average molecular weight is 283 g/mol. The summed E-state index contributed by atoms with van der Waals surface area (Å²) < 4.78 is 9.98. The molecule has 0 fully saturated rings. The van der Waals surface area contributed by atoms with Gasteiger partial charge in [-0.1, -0.05) is 17.7 Å². The molecule has 2 aromatic rings. The van der Waals surface area contributed by atoms with Gasteiger partial charge in [0, 0.05) is 15.5 Å². The summed E-state index contributed by atoms with van der Waals surface area (Å²) in [7, 11) is 1.32. The summed E-state index contributed by atoms with van der Waals surface area (Å²) in [5.74, 6) is 0.155. The second-order valence-corrected chi connectivity index (χ2v) is 4.87. The van der Waals surface area contributed by atoms with Crippen LogP contribution in [0.3, 0.4) is 0 Å². The summed E-state index contributed by atoms with van der Waals surface area (Å²) in [6.07, 6.45) is 0. The molecule has 0 unspecified atom stereocenters. The molecule has 0 aliphatic rings. The maximum atomic E-state index is 11.1. The van der Waals surface area contributed by atoms with Gasteiger partial charge in [0.1, 0.15) is 5.75 Å². The highest BCUT2D eigenvalue weighted by atomic mass is 35.5. The fraction of sp³-hybridized carbons (Fsp3) is 0.154. The van der Waals surface area contributed by atoms with Crippen LogP contribution in [0.4, 0.5) is 0 Å². The molecule has 0 saturated heterocycles. The largest absolute Gasteiger partial charge is 0.481 e. The molecule has 1 aromatic heterocycles. The summed E-state index contributed by atoms with van der Waals surface area (Å²) in [5, 5.41) is 2.55. The van der Waals surface area contributed by atoms with Gasteiger partial charge in [-0.3, -0.25) is 0 Å². The number of benzene rings is 1. The number of hydrogen-bond acceptors (Lipinski definition) is 4.